The van der Waals surface area contributed by atoms with Crippen LogP contribution >= 0.6 is 34.4 Å². The van der Waals surface area contributed by atoms with Gasteiger partial charge in [-0.2, -0.15) is 0 Å². The van der Waals surface area contributed by atoms with Crippen LogP contribution < -0.4 is 20.1 Å². The van der Waals surface area contributed by atoms with Crippen LogP contribution in [0.3, 0.4) is 0 Å². The van der Waals surface area contributed by atoms with E-state index in [0.717, 1.165) is 14.8 Å². The van der Waals surface area contributed by atoms with E-state index in [9.17, 15) is 9.59 Å². The second-order valence-electron chi connectivity index (χ2n) is 8.12. The minimum absolute atomic E-state index is 0.110. The average molecular weight is 607 g/mol. The Morgan fingerprint density at radius 2 is 1.94 bits per heavy atom. The highest BCUT2D eigenvalue weighted by Gasteiger charge is 2.18. The summed E-state index contributed by atoms with van der Waals surface area (Å²) < 4.78 is 13.6. The Morgan fingerprint density at radius 1 is 1.14 bits per heavy atom. The molecule has 0 spiro atoms. The van der Waals surface area contributed by atoms with Crippen molar-refractivity contribution in [3.05, 3.63) is 56.9 Å². The number of nitrogens with one attached hydrogen (secondary N) is 2. The molecule has 2 amide bonds. The van der Waals surface area contributed by atoms with Crippen molar-refractivity contribution >= 4 is 51.9 Å². The zero-order valence-electron chi connectivity index (χ0n) is 19.6. The van der Waals surface area contributed by atoms with Crippen molar-refractivity contribution in [3.63, 3.8) is 0 Å². The van der Waals surface area contributed by atoms with Crippen LogP contribution in [0.1, 0.15) is 48.4 Å². The van der Waals surface area contributed by atoms with Crippen LogP contribution in [0.5, 0.6) is 11.5 Å². The van der Waals surface area contributed by atoms with E-state index in [4.69, 9.17) is 9.47 Å². The van der Waals surface area contributed by atoms with E-state index in [2.05, 4.69) is 63.3 Å². The van der Waals surface area contributed by atoms with Gasteiger partial charge in [0.1, 0.15) is 0 Å². The molecule has 2 N–H and O–H groups in total. The first kappa shape index (κ1) is 25.3. The first-order valence-corrected chi connectivity index (χ1v) is 13.2. The van der Waals surface area contributed by atoms with E-state index in [1.807, 2.05) is 23.6 Å². The average Bonchev–Trinajstić information content (AvgIpc) is 3.47. The van der Waals surface area contributed by atoms with Crippen molar-refractivity contribution in [2.75, 3.05) is 17.9 Å². The van der Waals surface area contributed by atoms with Gasteiger partial charge in [-0.05, 0) is 77.4 Å². The molecule has 0 bridgehead atoms. The summed E-state index contributed by atoms with van der Waals surface area (Å²) in [5, 5.41) is 15.0. The molecular formula is C24H26IN5O4S. The number of ether oxygens (including phenoxy) is 2. The predicted octanol–water partition coefficient (Wildman–Crippen LogP) is 4.42. The lowest BCUT2D eigenvalue weighted by Gasteiger charge is -2.14. The van der Waals surface area contributed by atoms with Gasteiger partial charge in [0.15, 0.2) is 22.5 Å². The first-order valence-electron chi connectivity index (χ1n) is 11.2. The van der Waals surface area contributed by atoms with Crippen molar-refractivity contribution < 1.29 is 19.1 Å². The second-order valence-corrected chi connectivity index (χ2v) is 10.3. The molecule has 0 unspecified atom stereocenters. The molecule has 1 aliphatic heterocycles. The normalized spacial score (nSPS) is 12.1. The number of amides is 2. The maximum atomic E-state index is 12.6. The summed E-state index contributed by atoms with van der Waals surface area (Å²) in [5.41, 5.74) is 2.40. The summed E-state index contributed by atoms with van der Waals surface area (Å²) in [6.07, 6.45) is 0. The Kier molecular flexibility index (Phi) is 8.16. The topological polar surface area (TPSA) is 107 Å². The van der Waals surface area contributed by atoms with Gasteiger partial charge in [-0.25, -0.2) is 0 Å². The predicted molar refractivity (Wildman–Crippen MR) is 142 cm³/mol. The van der Waals surface area contributed by atoms with Crippen molar-refractivity contribution in [3.8, 4) is 11.5 Å². The van der Waals surface area contributed by atoms with Crippen LogP contribution in [0.15, 0.2) is 41.6 Å². The van der Waals surface area contributed by atoms with E-state index >= 15 is 0 Å². The van der Waals surface area contributed by atoms with Gasteiger partial charge >= 0.3 is 0 Å². The lowest BCUT2D eigenvalue weighted by atomic mass is 10.0. The van der Waals surface area contributed by atoms with E-state index in [-0.39, 0.29) is 30.9 Å². The van der Waals surface area contributed by atoms with Crippen LogP contribution in [-0.2, 0) is 17.9 Å². The standard InChI is InChI=1S/C24H26IN5O4S/c1-4-30-21(11-26-23(32)15-5-8-19-20(9-15)34-13-33-19)28-29-24(30)35-12-22(31)27-18-7-6-16(25)10-17(18)14(2)3/h5-10,14H,4,11-13H2,1-3H3,(H,26,32)(H,27,31). The van der Waals surface area contributed by atoms with Gasteiger partial charge in [0.2, 0.25) is 12.7 Å². The number of rotatable bonds is 9. The Labute approximate surface area is 221 Å². The van der Waals surface area contributed by atoms with Gasteiger partial charge in [-0.1, -0.05) is 25.6 Å². The number of carbonyl (C=O) groups is 2. The maximum Gasteiger partial charge on any atom is 0.251 e. The van der Waals surface area contributed by atoms with E-state index in [1.54, 1.807) is 18.2 Å². The SMILES string of the molecule is CCn1c(CNC(=O)c2ccc3c(c2)OCO3)nnc1SCC(=O)Nc1ccc(I)cc1C(C)C. The Hall–Kier alpha value is -2.80. The molecule has 184 valence electrons. The van der Waals surface area contributed by atoms with Gasteiger partial charge in [0, 0.05) is 21.4 Å². The minimum Gasteiger partial charge on any atom is -0.454 e. The summed E-state index contributed by atoms with van der Waals surface area (Å²) in [5.74, 6) is 1.93. The zero-order valence-corrected chi connectivity index (χ0v) is 22.6. The molecule has 0 aliphatic carbocycles. The largest absolute Gasteiger partial charge is 0.454 e. The summed E-state index contributed by atoms with van der Waals surface area (Å²) >= 11 is 3.59. The van der Waals surface area contributed by atoms with E-state index < -0.39 is 0 Å². The number of fused-ring (bicyclic) bond motifs is 1. The lowest BCUT2D eigenvalue weighted by Crippen LogP contribution is -2.24. The number of hydrogen-bond donors (Lipinski definition) is 2. The number of thioether (sulfide) groups is 1. The molecule has 0 atom stereocenters. The number of benzene rings is 2. The molecule has 2 aromatic carbocycles. The Bertz CT molecular complexity index is 1250. The number of anilines is 1. The lowest BCUT2D eigenvalue weighted by molar-refractivity contribution is -0.113. The number of halogens is 1. The summed E-state index contributed by atoms with van der Waals surface area (Å²) in [6, 6.07) is 11.1. The highest BCUT2D eigenvalue weighted by atomic mass is 127. The molecule has 0 saturated heterocycles. The molecule has 9 nitrogen and oxygen atoms in total. The van der Waals surface area contributed by atoms with Crippen LogP contribution in [0.25, 0.3) is 0 Å². The molecule has 3 aromatic rings. The molecule has 2 heterocycles. The number of nitrogens with zero attached hydrogens (tertiary/aromatic N) is 3. The minimum atomic E-state index is -0.249. The third kappa shape index (κ3) is 6.07. The third-order valence-electron chi connectivity index (χ3n) is 5.39. The van der Waals surface area contributed by atoms with Crippen molar-refractivity contribution in [1.29, 1.82) is 0 Å². The van der Waals surface area contributed by atoms with Gasteiger partial charge in [0.05, 0.1) is 12.3 Å². The Morgan fingerprint density at radius 3 is 2.71 bits per heavy atom. The van der Waals surface area contributed by atoms with Crippen LogP contribution in [0, 0.1) is 3.57 Å². The fraction of sp³-hybridized carbons (Fsp3) is 0.333. The van der Waals surface area contributed by atoms with Gasteiger partial charge in [-0.15, -0.1) is 10.2 Å². The molecule has 0 radical (unpaired) electrons. The van der Waals surface area contributed by atoms with E-state index in [1.165, 1.54) is 11.8 Å². The van der Waals surface area contributed by atoms with Crippen LogP contribution in [-0.4, -0.2) is 39.1 Å². The summed E-state index contributed by atoms with van der Waals surface area (Å²) in [4.78, 5) is 25.2. The van der Waals surface area contributed by atoms with Crippen molar-refractivity contribution in [2.45, 2.75) is 44.9 Å². The highest BCUT2D eigenvalue weighted by Crippen LogP contribution is 2.32. The van der Waals surface area contributed by atoms with Crippen LogP contribution in [0.4, 0.5) is 5.69 Å². The second kappa shape index (κ2) is 11.3. The highest BCUT2D eigenvalue weighted by molar-refractivity contribution is 14.1. The smallest absolute Gasteiger partial charge is 0.251 e. The van der Waals surface area contributed by atoms with Crippen molar-refractivity contribution in [1.82, 2.24) is 20.1 Å². The summed E-state index contributed by atoms with van der Waals surface area (Å²) in [7, 11) is 0. The maximum absolute atomic E-state index is 12.6. The number of hydrogen-bond acceptors (Lipinski definition) is 7. The molecule has 1 aliphatic rings. The number of carbonyl (C=O) groups excluding carboxylic acids is 2. The zero-order chi connectivity index (χ0) is 24.9. The summed E-state index contributed by atoms with van der Waals surface area (Å²) in [6.45, 7) is 7.15. The van der Waals surface area contributed by atoms with Gasteiger partial charge in [0.25, 0.3) is 5.91 Å². The van der Waals surface area contributed by atoms with E-state index in [0.29, 0.717) is 40.5 Å². The van der Waals surface area contributed by atoms with Gasteiger partial charge in [-0.3, -0.25) is 9.59 Å². The molecule has 4 rings (SSSR count). The number of aromatic nitrogens is 3. The Balaban J connectivity index is 1.35. The van der Waals surface area contributed by atoms with Gasteiger partial charge < -0.3 is 24.7 Å². The van der Waals surface area contributed by atoms with Crippen LogP contribution in [0.2, 0.25) is 0 Å². The third-order valence-corrected chi connectivity index (χ3v) is 7.03. The fourth-order valence-corrected chi connectivity index (χ4v) is 4.95. The quantitative estimate of drug-likeness (QED) is 0.274. The van der Waals surface area contributed by atoms with Crippen molar-refractivity contribution in [2.24, 2.45) is 0 Å². The molecule has 35 heavy (non-hydrogen) atoms. The fourth-order valence-electron chi connectivity index (χ4n) is 3.61. The monoisotopic (exact) mass is 607 g/mol. The molecule has 0 saturated carbocycles. The molecule has 1 aromatic heterocycles. The molecule has 11 heteroatoms. The first-order chi connectivity index (χ1) is 16.9. The molecule has 0 fully saturated rings. The molecular weight excluding hydrogens is 581 g/mol.